The number of hydrogen-bond acceptors (Lipinski definition) is 7. The number of aromatic nitrogens is 2. The molecule has 0 saturated carbocycles. The zero-order valence-electron chi connectivity index (χ0n) is 20.8. The fraction of sp³-hybridized carbons (Fsp3) is 0.462. The van der Waals surface area contributed by atoms with Crippen molar-refractivity contribution in [2.75, 3.05) is 0 Å². The average molecular weight is 529 g/mol. The van der Waals surface area contributed by atoms with E-state index in [1.165, 1.54) is 40.3 Å². The van der Waals surface area contributed by atoms with Gasteiger partial charge in [-0.25, -0.2) is 4.39 Å². The molecule has 184 valence electrons. The summed E-state index contributed by atoms with van der Waals surface area (Å²) in [6.45, 7) is 10.1. The van der Waals surface area contributed by atoms with E-state index < -0.39 is 18.3 Å². The first-order chi connectivity index (χ1) is 16.7. The smallest absolute Gasteiger partial charge is 0.399 e. The summed E-state index contributed by atoms with van der Waals surface area (Å²) in [5, 5.41) is 0. The Balaban J connectivity index is 1.43. The molecular weight excluding hydrogens is 498 g/mol. The molecule has 0 amide bonds. The Morgan fingerprint density at radius 3 is 2.26 bits per heavy atom. The largest absolute Gasteiger partial charge is 0.500 e. The Morgan fingerprint density at radius 2 is 1.51 bits per heavy atom. The monoisotopic (exact) mass is 528 g/mol. The second-order valence-electron chi connectivity index (χ2n) is 10.1. The first-order valence-corrected chi connectivity index (χ1v) is 14.6. The molecular formula is C26H30BFN2O2S3. The minimum absolute atomic E-state index is 0.332. The van der Waals surface area contributed by atoms with Gasteiger partial charge >= 0.3 is 7.12 Å². The number of rotatable bonds is 8. The van der Waals surface area contributed by atoms with E-state index in [0.717, 1.165) is 28.6 Å². The maximum atomic E-state index is 15.6. The summed E-state index contributed by atoms with van der Waals surface area (Å²) in [6, 6.07) is 10.2. The first kappa shape index (κ1) is 25.0. The molecule has 0 spiro atoms. The van der Waals surface area contributed by atoms with Crippen molar-refractivity contribution >= 4 is 58.0 Å². The molecule has 1 fully saturated rings. The second-order valence-corrected chi connectivity index (χ2v) is 12.9. The standard InChI is InChI=1S/C26H30BFN2O2S3/c1-6-7-8-9-10-16-11-12-20(33-16)21-14-13-19(34-21)17-15-18(28)22(24-23(17)29-35-30-24)27-31-25(2,3)26(4,5)32-27/h11-15H,6-10H2,1-5H3. The van der Waals surface area contributed by atoms with Gasteiger partial charge in [-0.15, -0.1) is 22.7 Å². The maximum Gasteiger partial charge on any atom is 0.500 e. The van der Waals surface area contributed by atoms with Gasteiger partial charge in [-0.3, -0.25) is 0 Å². The van der Waals surface area contributed by atoms with E-state index in [0.29, 0.717) is 16.5 Å². The summed E-state index contributed by atoms with van der Waals surface area (Å²) in [6.07, 6.45) is 6.23. The molecule has 1 aromatic carbocycles. The molecule has 4 aromatic rings. The Labute approximate surface area is 219 Å². The normalized spacial score (nSPS) is 17.0. The number of benzene rings is 1. The highest BCUT2D eigenvalue weighted by atomic mass is 32.1. The lowest BCUT2D eigenvalue weighted by molar-refractivity contribution is 0.00578. The summed E-state index contributed by atoms with van der Waals surface area (Å²) in [4.78, 5) is 4.86. The molecule has 9 heteroatoms. The van der Waals surface area contributed by atoms with Crippen molar-refractivity contribution in [3.05, 3.63) is 41.0 Å². The number of nitrogens with zero attached hydrogens (tertiary/aromatic N) is 2. The van der Waals surface area contributed by atoms with Gasteiger partial charge in [0.25, 0.3) is 0 Å². The SMILES string of the molecule is CCCCCCc1ccc(-c2ccc(-c3cc(F)c(B4OC(C)(C)C(C)(C)O4)c4nsnc34)s2)s1. The van der Waals surface area contributed by atoms with Crippen molar-refractivity contribution in [2.45, 2.75) is 77.9 Å². The van der Waals surface area contributed by atoms with Gasteiger partial charge in [0.15, 0.2) is 0 Å². The predicted octanol–water partition coefficient (Wildman–Crippen LogP) is 7.71. The van der Waals surface area contributed by atoms with Crippen LogP contribution >= 0.6 is 34.4 Å². The highest BCUT2D eigenvalue weighted by Gasteiger charge is 2.53. The molecule has 1 aliphatic rings. The molecule has 1 saturated heterocycles. The zero-order chi connectivity index (χ0) is 24.8. The van der Waals surface area contributed by atoms with Crippen LogP contribution in [0.4, 0.5) is 4.39 Å². The van der Waals surface area contributed by atoms with Gasteiger partial charge in [0.05, 0.1) is 22.9 Å². The number of fused-ring (bicyclic) bond motifs is 1. The number of hydrogen-bond donors (Lipinski definition) is 0. The van der Waals surface area contributed by atoms with Gasteiger partial charge in [0.2, 0.25) is 0 Å². The second kappa shape index (κ2) is 9.67. The Morgan fingerprint density at radius 1 is 0.857 bits per heavy atom. The third kappa shape index (κ3) is 4.73. The van der Waals surface area contributed by atoms with E-state index in [9.17, 15) is 0 Å². The van der Waals surface area contributed by atoms with Crippen LogP contribution in [0.1, 0.15) is 65.2 Å². The van der Waals surface area contributed by atoms with Crippen molar-refractivity contribution in [3.63, 3.8) is 0 Å². The van der Waals surface area contributed by atoms with Crippen molar-refractivity contribution in [3.8, 4) is 20.2 Å². The van der Waals surface area contributed by atoms with E-state index in [2.05, 4.69) is 39.9 Å². The summed E-state index contributed by atoms with van der Waals surface area (Å²) in [7, 11) is -0.818. The fourth-order valence-corrected chi connectivity index (χ4v) is 7.02. The predicted molar refractivity (Wildman–Crippen MR) is 148 cm³/mol. The highest BCUT2D eigenvalue weighted by molar-refractivity contribution is 7.24. The van der Waals surface area contributed by atoms with Gasteiger partial charge in [0.1, 0.15) is 16.9 Å². The van der Waals surface area contributed by atoms with Gasteiger partial charge in [-0.05, 0) is 70.9 Å². The molecule has 5 rings (SSSR count). The molecule has 4 heterocycles. The van der Waals surface area contributed by atoms with Gasteiger partial charge in [-0.1, -0.05) is 26.2 Å². The van der Waals surface area contributed by atoms with Crippen LogP contribution in [0.2, 0.25) is 0 Å². The lowest BCUT2D eigenvalue weighted by atomic mass is 9.77. The Kier molecular flexibility index (Phi) is 6.91. The first-order valence-electron chi connectivity index (χ1n) is 12.2. The summed E-state index contributed by atoms with van der Waals surface area (Å²) in [5.74, 6) is -0.376. The lowest BCUT2D eigenvalue weighted by Gasteiger charge is -2.32. The molecule has 0 radical (unpaired) electrons. The summed E-state index contributed by atoms with van der Waals surface area (Å²) < 4.78 is 36.9. The van der Waals surface area contributed by atoms with Crippen LogP contribution < -0.4 is 5.46 Å². The van der Waals surface area contributed by atoms with Crippen LogP contribution in [-0.2, 0) is 15.7 Å². The van der Waals surface area contributed by atoms with Crippen LogP contribution in [0.3, 0.4) is 0 Å². The van der Waals surface area contributed by atoms with E-state index in [1.54, 1.807) is 17.4 Å². The van der Waals surface area contributed by atoms with Crippen molar-refractivity contribution in [1.82, 2.24) is 8.75 Å². The Bertz CT molecular complexity index is 1330. The Hall–Kier alpha value is -1.65. The van der Waals surface area contributed by atoms with Gasteiger partial charge in [-0.2, -0.15) is 8.75 Å². The molecule has 0 bridgehead atoms. The molecule has 4 nitrogen and oxygen atoms in total. The molecule has 0 N–H and O–H groups in total. The third-order valence-corrected chi connectivity index (χ3v) is 10.1. The number of unbranched alkanes of at least 4 members (excludes halogenated alkanes) is 3. The number of thiophene rings is 2. The van der Waals surface area contributed by atoms with Crippen molar-refractivity contribution < 1.29 is 13.7 Å². The van der Waals surface area contributed by atoms with Crippen LogP contribution in [0.15, 0.2) is 30.3 Å². The van der Waals surface area contributed by atoms with Crippen LogP contribution in [0, 0.1) is 5.82 Å². The fourth-order valence-electron chi connectivity index (χ4n) is 4.29. The van der Waals surface area contributed by atoms with Crippen LogP contribution in [-0.4, -0.2) is 27.1 Å². The van der Waals surface area contributed by atoms with E-state index >= 15 is 4.39 Å². The van der Waals surface area contributed by atoms with E-state index in [-0.39, 0.29) is 5.82 Å². The molecule has 0 aliphatic carbocycles. The van der Waals surface area contributed by atoms with E-state index in [1.807, 2.05) is 39.0 Å². The molecule has 0 unspecified atom stereocenters. The topological polar surface area (TPSA) is 44.2 Å². The average Bonchev–Trinajstić information content (AvgIpc) is 3.57. The number of aryl methyl sites for hydroxylation is 1. The minimum Gasteiger partial charge on any atom is -0.399 e. The van der Waals surface area contributed by atoms with Crippen LogP contribution in [0.25, 0.3) is 31.2 Å². The van der Waals surface area contributed by atoms with Crippen molar-refractivity contribution in [1.29, 1.82) is 0 Å². The lowest BCUT2D eigenvalue weighted by Crippen LogP contribution is -2.41. The molecule has 0 atom stereocenters. The molecule has 1 aliphatic heterocycles. The quantitative estimate of drug-likeness (QED) is 0.174. The third-order valence-electron chi connectivity index (χ3n) is 7.07. The maximum absolute atomic E-state index is 15.6. The molecule has 3 aromatic heterocycles. The van der Waals surface area contributed by atoms with Crippen molar-refractivity contribution in [2.24, 2.45) is 0 Å². The van der Waals surface area contributed by atoms with Gasteiger partial charge in [0, 0.05) is 30.5 Å². The van der Waals surface area contributed by atoms with Gasteiger partial charge < -0.3 is 9.31 Å². The zero-order valence-corrected chi connectivity index (χ0v) is 23.3. The molecule has 35 heavy (non-hydrogen) atoms. The summed E-state index contributed by atoms with van der Waals surface area (Å²) >= 11 is 4.61. The minimum atomic E-state index is -0.818. The van der Waals surface area contributed by atoms with Crippen LogP contribution in [0.5, 0.6) is 0 Å². The number of halogens is 1. The summed E-state index contributed by atoms with van der Waals surface area (Å²) in [5.41, 5.74) is 1.19. The van der Waals surface area contributed by atoms with E-state index in [4.69, 9.17) is 9.31 Å². The highest BCUT2D eigenvalue weighted by Crippen LogP contribution is 2.41.